The minimum atomic E-state index is -0.501. The number of nitrogens with two attached hydrogens (primary N) is 1. The molecule has 126 valence electrons. The predicted molar refractivity (Wildman–Crippen MR) is 92.4 cm³/mol. The van der Waals surface area contributed by atoms with Crippen LogP contribution in [0.1, 0.15) is 38.2 Å². The molecule has 1 saturated carbocycles. The smallest absolute Gasteiger partial charge is 0.243 e. The number of carbonyl (C=O) groups excluding carboxylic acids is 2. The van der Waals surface area contributed by atoms with Crippen LogP contribution in [0.25, 0.3) is 0 Å². The van der Waals surface area contributed by atoms with E-state index in [2.05, 4.69) is 10.6 Å². The van der Waals surface area contributed by atoms with Crippen LogP contribution in [0.5, 0.6) is 0 Å². The topological polar surface area (TPSA) is 84.2 Å². The van der Waals surface area contributed by atoms with Gasteiger partial charge in [-0.15, -0.1) is 0 Å². The Balaban J connectivity index is 1.87. The van der Waals surface area contributed by atoms with Gasteiger partial charge in [-0.25, -0.2) is 0 Å². The van der Waals surface area contributed by atoms with Crippen molar-refractivity contribution in [3.63, 3.8) is 0 Å². The Morgan fingerprint density at radius 1 is 1.39 bits per heavy atom. The van der Waals surface area contributed by atoms with Crippen molar-refractivity contribution in [3.05, 3.63) is 28.8 Å². The van der Waals surface area contributed by atoms with Crippen molar-refractivity contribution in [2.75, 3.05) is 11.9 Å². The first-order valence-corrected chi connectivity index (χ1v) is 8.30. The summed E-state index contributed by atoms with van der Waals surface area (Å²) in [5.74, 6) is -0.703. The summed E-state index contributed by atoms with van der Waals surface area (Å²) in [4.78, 5) is 24.3. The lowest BCUT2D eigenvalue weighted by molar-refractivity contribution is -0.130. The Bertz CT molecular complexity index is 602. The number of nitrogens with one attached hydrogen (secondary N) is 2. The van der Waals surface area contributed by atoms with Crippen LogP contribution in [-0.2, 0) is 9.59 Å². The molecule has 0 heterocycles. The van der Waals surface area contributed by atoms with Gasteiger partial charge in [-0.05, 0) is 44.4 Å². The highest BCUT2D eigenvalue weighted by Crippen LogP contribution is 2.31. The van der Waals surface area contributed by atoms with Crippen LogP contribution in [0, 0.1) is 12.8 Å². The molecule has 1 aromatic carbocycles. The molecule has 5 nitrogen and oxygen atoms in total. The molecule has 2 rings (SSSR count). The van der Waals surface area contributed by atoms with Gasteiger partial charge in [0.1, 0.15) is 0 Å². The Kier molecular flexibility index (Phi) is 5.65. The van der Waals surface area contributed by atoms with Crippen molar-refractivity contribution in [1.82, 2.24) is 5.32 Å². The van der Waals surface area contributed by atoms with Crippen molar-refractivity contribution in [3.8, 4) is 0 Å². The molecule has 2 amide bonds. The van der Waals surface area contributed by atoms with Crippen LogP contribution in [0.15, 0.2) is 18.2 Å². The van der Waals surface area contributed by atoms with Crippen LogP contribution in [0.3, 0.4) is 0 Å². The quantitative estimate of drug-likeness (QED) is 0.789. The van der Waals surface area contributed by atoms with Gasteiger partial charge in [0.05, 0.1) is 23.2 Å². The zero-order valence-electron chi connectivity index (χ0n) is 13.6. The van der Waals surface area contributed by atoms with E-state index < -0.39 is 5.54 Å². The lowest BCUT2D eigenvalue weighted by Crippen LogP contribution is -2.53. The van der Waals surface area contributed by atoms with E-state index in [1.807, 2.05) is 19.9 Å². The van der Waals surface area contributed by atoms with Crippen LogP contribution >= 0.6 is 11.6 Å². The second-order valence-electron chi connectivity index (χ2n) is 6.55. The molecule has 1 fully saturated rings. The molecule has 23 heavy (non-hydrogen) atoms. The lowest BCUT2D eigenvalue weighted by atomic mass is 9.74. The van der Waals surface area contributed by atoms with E-state index in [1.165, 1.54) is 0 Å². The lowest BCUT2D eigenvalue weighted by Gasteiger charge is -2.37. The first kappa shape index (κ1) is 17.8. The highest BCUT2D eigenvalue weighted by molar-refractivity contribution is 6.33. The van der Waals surface area contributed by atoms with E-state index in [9.17, 15) is 9.59 Å². The maximum absolute atomic E-state index is 12.3. The molecule has 0 bridgehead atoms. The summed E-state index contributed by atoms with van der Waals surface area (Å²) in [5.41, 5.74) is 7.26. The molecular formula is C17H24ClN3O2. The summed E-state index contributed by atoms with van der Waals surface area (Å²) >= 11 is 6.08. The fourth-order valence-corrected chi connectivity index (χ4v) is 3.28. The van der Waals surface area contributed by atoms with Crippen molar-refractivity contribution >= 4 is 29.1 Å². The van der Waals surface area contributed by atoms with E-state index in [0.29, 0.717) is 10.7 Å². The van der Waals surface area contributed by atoms with Gasteiger partial charge in [-0.2, -0.15) is 0 Å². The number of benzene rings is 1. The summed E-state index contributed by atoms with van der Waals surface area (Å²) in [6.07, 6.45) is 3.64. The van der Waals surface area contributed by atoms with Gasteiger partial charge in [-0.1, -0.05) is 30.5 Å². The molecule has 0 aromatic heterocycles. The monoisotopic (exact) mass is 337 g/mol. The molecule has 4 N–H and O–H groups in total. The van der Waals surface area contributed by atoms with E-state index in [-0.39, 0.29) is 24.3 Å². The summed E-state index contributed by atoms with van der Waals surface area (Å²) in [7, 11) is 0. The Labute approximate surface area is 142 Å². The van der Waals surface area contributed by atoms with Crippen LogP contribution < -0.4 is 16.4 Å². The van der Waals surface area contributed by atoms with E-state index in [4.69, 9.17) is 17.3 Å². The Morgan fingerprint density at radius 3 is 2.78 bits per heavy atom. The van der Waals surface area contributed by atoms with Crippen molar-refractivity contribution in [1.29, 1.82) is 0 Å². The second kappa shape index (κ2) is 7.32. The van der Waals surface area contributed by atoms with Crippen LogP contribution in [-0.4, -0.2) is 23.9 Å². The van der Waals surface area contributed by atoms with Gasteiger partial charge < -0.3 is 16.4 Å². The van der Waals surface area contributed by atoms with E-state index in [1.54, 1.807) is 12.1 Å². The molecule has 1 aromatic rings. The van der Waals surface area contributed by atoms with Gasteiger partial charge in [0.2, 0.25) is 11.8 Å². The fraction of sp³-hybridized carbons (Fsp3) is 0.529. The third kappa shape index (κ3) is 4.69. The maximum atomic E-state index is 12.3. The third-order valence-electron chi connectivity index (χ3n) is 4.39. The standard InChI is InChI=1S/C17H24ClN3O2/c1-11-6-7-14(13(18)9-11)21-15(22)10-20-16(23)12-5-3-4-8-17(12,2)19/h6-7,9,12H,3-5,8,10,19H2,1-2H3,(H,20,23)(H,21,22). The van der Waals surface area contributed by atoms with Crippen molar-refractivity contribution in [2.45, 2.75) is 45.1 Å². The Hall–Kier alpha value is -1.59. The number of anilines is 1. The molecule has 0 spiro atoms. The zero-order valence-corrected chi connectivity index (χ0v) is 14.4. The normalized spacial score (nSPS) is 24.1. The SMILES string of the molecule is Cc1ccc(NC(=O)CNC(=O)C2CCCCC2(C)N)c(Cl)c1. The molecule has 1 aliphatic carbocycles. The minimum Gasteiger partial charge on any atom is -0.347 e. The van der Waals surface area contributed by atoms with Gasteiger partial charge in [-0.3, -0.25) is 9.59 Å². The number of rotatable bonds is 4. The zero-order chi connectivity index (χ0) is 17.0. The summed E-state index contributed by atoms with van der Waals surface area (Å²) in [5, 5.41) is 5.86. The number of aryl methyl sites for hydroxylation is 1. The van der Waals surface area contributed by atoms with Crippen molar-refractivity contribution in [2.24, 2.45) is 11.7 Å². The average molecular weight is 338 g/mol. The second-order valence-corrected chi connectivity index (χ2v) is 6.96. The van der Waals surface area contributed by atoms with Crippen LogP contribution in [0.4, 0.5) is 5.69 Å². The van der Waals surface area contributed by atoms with Gasteiger partial charge in [0.15, 0.2) is 0 Å². The van der Waals surface area contributed by atoms with Crippen molar-refractivity contribution < 1.29 is 9.59 Å². The molecule has 0 radical (unpaired) electrons. The molecule has 1 aliphatic rings. The predicted octanol–water partition coefficient (Wildman–Crippen LogP) is 2.61. The molecule has 2 unspecified atom stereocenters. The molecule has 0 saturated heterocycles. The molecule has 6 heteroatoms. The fourth-order valence-electron chi connectivity index (χ4n) is 3.00. The summed E-state index contributed by atoms with van der Waals surface area (Å²) in [6, 6.07) is 5.38. The number of carbonyl (C=O) groups is 2. The largest absolute Gasteiger partial charge is 0.347 e. The first-order valence-electron chi connectivity index (χ1n) is 7.92. The number of hydrogen-bond acceptors (Lipinski definition) is 3. The molecular weight excluding hydrogens is 314 g/mol. The number of halogens is 1. The van der Waals surface area contributed by atoms with Gasteiger partial charge in [0.25, 0.3) is 0 Å². The van der Waals surface area contributed by atoms with Crippen LogP contribution in [0.2, 0.25) is 5.02 Å². The van der Waals surface area contributed by atoms with Gasteiger partial charge in [0, 0.05) is 5.54 Å². The Morgan fingerprint density at radius 2 is 2.13 bits per heavy atom. The summed E-state index contributed by atoms with van der Waals surface area (Å²) < 4.78 is 0. The highest BCUT2D eigenvalue weighted by Gasteiger charge is 2.37. The van der Waals surface area contributed by atoms with E-state index >= 15 is 0 Å². The number of hydrogen-bond donors (Lipinski definition) is 3. The minimum absolute atomic E-state index is 0.0877. The highest BCUT2D eigenvalue weighted by atomic mass is 35.5. The van der Waals surface area contributed by atoms with E-state index in [0.717, 1.165) is 31.2 Å². The maximum Gasteiger partial charge on any atom is 0.243 e. The molecule has 0 aliphatic heterocycles. The third-order valence-corrected chi connectivity index (χ3v) is 4.71. The summed E-state index contributed by atoms with van der Waals surface area (Å²) in [6.45, 7) is 3.74. The van der Waals surface area contributed by atoms with Gasteiger partial charge >= 0.3 is 0 Å². The average Bonchev–Trinajstić information content (AvgIpc) is 2.47. The first-order chi connectivity index (χ1) is 10.8. The molecule has 2 atom stereocenters. The number of amides is 2.